The number of ether oxygens (including phenoxy) is 1. The molecule has 27 heavy (non-hydrogen) atoms. The summed E-state index contributed by atoms with van der Waals surface area (Å²) in [6.45, 7) is 0.741. The van der Waals surface area contributed by atoms with Gasteiger partial charge in [-0.1, -0.05) is 6.07 Å². The van der Waals surface area contributed by atoms with E-state index in [0.29, 0.717) is 31.7 Å². The summed E-state index contributed by atoms with van der Waals surface area (Å²) in [5.41, 5.74) is -0.430. The fraction of sp³-hybridized carbons (Fsp3) is 0.353. The van der Waals surface area contributed by atoms with Gasteiger partial charge in [0.2, 0.25) is 0 Å². The van der Waals surface area contributed by atoms with Crippen LogP contribution in [0.2, 0.25) is 0 Å². The highest BCUT2D eigenvalue weighted by atomic mass is 16.6. The zero-order valence-corrected chi connectivity index (χ0v) is 14.3. The van der Waals surface area contributed by atoms with Crippen molar-refractivity contribution in [1.82, 2.24) is 15.1 Å². The molecule has 2 N–H and O–H groups in total. The third-order valence-corrected chi connectivity index (χ3v) is 4.45. The first-order chi connectivity index (χ1) is 12.9. The van der Waals surface area contributed by atoms with E-state index in [1.54, 1.807) is 6.07 Å². The number of rotatable bonds is 6. The molecule has 0 bridgehead atoms. The van der Waals surface area contributed by atoms with Gasteiger partial charge in [-0.15, -0.1) is 0 Å². The minimum absolute atomic E-state index is 0.0865. The minimum Gasteiger partial charge on any atom is -0.481 e. The molecule has 0 saturated carbocycles. The maximum absolute atomic E-state index is 12.6. The fourth-order valence-electron chi connectivity index (χ4n) is 3.04. The third kappa shape index (κ3) is 4.29. The molecule has 2 aromatic rings. The molecule has 1 aromatic carbocycles. The van der Waals surface area contributed by atoms with E-state index in [0.717, 1.165) is 0 Å². The summed E-state index contributed by atoms with van der Waals surface area (Å²) in [7, 11) is 0. The molecule has 1 saturated heterocycles. The Hall–Kier alpha value is -3.27. The van der Waals surface area contributed by atoms with Crippen molar-refractivity contribution in [2.45, 2.75) is 24.8 Å². The second kappa shape index (κ2) is 7.54. The highest BCUT2D eigenvalue weighted by Crippen LogP contribution is 2.25. The van der Waals surface area contributed by atoms with E-state index in [-0.39, 0.29) is 17.8 Å². The van der Waals surface area contributed by atoms with Crippen LogP contribution < -0.4 is 5.32 Å². The van der Waals surface area contributed by atoms with Gasteiger partial charge < -0.3 is 15.2 Å². The lowest BCUT2D eigenvalue weighted by atomic mass is 9.86. The van der Waals surface area contributed by atoms with E-state index < -0.39 is 22.3 Å². The number of carbonyl (C=O) groups is 2. The summed E-state index contributed by atoms with van der Waals surface area (Å²) >= 11 is 0. The maximum Gasteiger partial charge on any atom is 0.305 e. The Balaban J connectivity index is 1.79. The van der Waals surface area contributed by atoms with Gasteiger partial charge in [0.1, 0.15) is 0 Å². The standard InChI is InChI=1S/C17H18N4O6/c22-15(23)11-17(5-8-27-9-6-17)18-16(24)14-4-7-20(19-14)12-2-1-3-13(10-12)21(25)26/h1-4,7,10H,5-6,8-9,11H2,(H,18,24)(H,22,23). The van der Waals surface area contributed by atoms with Crippen molar-refractivity contribution in [3.8, 4) is 5.69 Å². The van der Waals surface area contributed by atoms with Gasteiger partial charge in [0.25, 0.3) is 11.6 Å². The van der Waals surface area contributed by atoms with E-state index >= 15 is 0 Å². The molecule has 10 heteroatoms. The number of nitro groups is 1. The molecule has 1 aliphatic heterocycles. The zero-order valence-electron chi connectivity index (χ0n) is 14.3. The average molecular weight is 374 g/mol. The summed E-state index contributed by atoms with van der Waals surface area (Å²) in [6.07, 6.45) is 2.11. The molecule has 1 aliphatic rings. The van der Waals surface area contributed by atoms with Crippen LogP contribution in [0.4, 0.5) is 5.69 Å². The number of carboxylic acid groups (broad SMARTS) is 1. The predicted octanol–water partition coefficient (Wildman–Crippen LogP) is 1.53. The lowest BCUT2D eigenvalue weighted by molar-refractivity contribution is -0.384. The Kier molecular flexibility index (Phi) is 5.17. The van der Waals surface area contributed by atoms with Crippen molar-refractivity contribution < 1.29 is 24.4 Å². The van der Waals surface area contributed by atoms with Crippen LogP contribution in [0.3, 0.4) is 0 Å². The van der Waals surface area contributed by atoms with Gasteiger partial charge in [0.05, 0.1) is 22.6 Å². The first-order valence-corrected chi connectivity index (χ1v) is 8.31. The Morgan fingerprint density at radius 3 is 2.74 bits per heavy atom. The van der Waals surface area contributed by atoms with Gasteiger partial charge >= 0.3 is 5.97 Å². The minimum atomic E-state index is -1.00. The number of aromatic nitrogens is 2. The number of benzene rings is 1. The van der Waals surface area contributed by atoms with Crippen LogP contribution in [-0.2, 0) is 9.53 Å². The molecule has 3 rings (SSSR count). The monoisotopic (exact) mass is 374 g/mol. The largest absolute Gasteiger partial charge is 0.481 e. The molecular formula is C17H18N4O6. The van der Waals surface area contributed by atoms with Crippen LogP contribution >= 0.6 is 0 Å². The van der Waals surface area contributed by atoms with Crippen molar-refractivity contribution in [2.75, 3.05) is 13.2 Å². The molecule has 142 valence electrons. The van der Waals surface area contributed by atoms with Gasteiger partial charge in [0, 0.05) is 31.5 Å². The van der Waals surface area contributed by atoms with Gasteiger partial charge in [-0.2, -0.15) is 5.10 Å². The molecule has 0 spiro atoms. The average Bonchev–Trinajstić information content (AvgIpc) is 3.12. The number of hydrogen-bond donors (Lipinski definition) is 2. The molecule has 1 aromatic heterocycles. The highest BCUT2D eigenvalue weighted by molar-refractivity contribution is 5.93. The second-order valence-electron chi connectivity index (χ2n) is 6.34. The molecule has 0 unspecified atom stereocenters. The topological polar surface area (TPSA) is 137 Å². The molecule has 1 fully saturated rings. The smallest absolute Gasteiger partial charge is 0.305 e. The Labute approximate surface area is 153 Å². The SMILES string of the molecule is O=C(O)CC1(NC(=O)c2ccn(-c3cccc([N+](=O)[O-])c3)n2)CCOCC1. The van der Waals surface area contributed by atoms with E-state index in [4.69, 9.17) is 4.74 Å². The third-order valence-electron chi connectivity index (χ3n) is 4.45. The molecule has 0 aliphatic carbocycles. The quantitative estimate of drug-likeness (QED) is 0.578. The molecule has 0 atom stereocenters. The van der Waals surface area contributed by atoms with Crippen LogP contribution in [-0.4, -0.2) is 50.4 Å². The number of amides is 1. The summed E-state index contributed by atoms with van der Waals surface area (Å²) in [5, 5.41) is 27.0. The van der Waals surface area contributed by atoms with Crippen molar-refractivity contribution in [2.24, 2.45) is 0 Å². The number of nitrogens with one attached hydrogen (secondary N) is 1. The molecule has 2 heterocycles. The molecular weight excluding hydrogens is 356 g/mol. The first-order valence-electron chi connectivity index (χ1n) is 8.31. The fourth-order valence-corrected chi connectivity index (χ4v) is 3.04. The van der Waals surface area contributed by atoms with Crippen LogP contribution in [0, 0.1) is 10.1 Å². The Bertz CT molecular complexity index is 872. The number of carbonyl (C=O) groups excluding carboxylic acids is 1. The van der Waals surface area contributed by atoms with Crippen molar-refractivity contribution in [1.29, 1.82) is 0 Å². The van der Waals surface area contributed by atoms with Gasteiger partial charge in [0.15, 0.2) is 5.69 Å². The number of hydrogen-bond acceptors (Lipinski definition) is 6. The summed E-state index contributed by atoms with van der Waals surface area (Å²) in [5.74, 6) is -1.50. The summed E-state index contributed by atoms with van der Waals surface area (Å²) < 4.78 is 6.62. The Morgan fingerprint density at radius 2 is 2.07 bits per heavy atom. The number of non-ortho nitro benzene ring substituents is 1. The molecule has 0 radical (unpaired) electrons. The van der Waals surface area contributed by atoms with Gasteiger partial charge in [-0.3, -0.25) is 19.7 Å². The second-order valence-corrected chi connectivity index (χ2v) is 6.34. The molecule has 10 nitrogen and oxygen atoms in total. The van der Waals surface area contributed by atoms with E-state index in [2.05, 4.69) is 10.4 Å². The number of nitrogens with zero attached hydrogens (tertiary/aromatic N) is 3. The van der Waals surface area contributed by atoms with Crippen molar-refractivity contribution in [3.63, 3.8) is 0 Å². The van der Waals surface area contributed by atoms with E-state index in [1.165, 1.54) is 35.1 Å². The number of carboxylic acids is 1. The van der Waals surface area contributed by atoms with Crippen LogP contribution in [0.25, 0.3) is 5.69 Å². The van der Waals surface area contributed by atoms with Crippen LogP contribution in [0.5, 0.6) is 0 Å². The maximum atomic E-state index is 12.6. The summed E-state index contributed by atoms with van der Waals surface area (Å²) in [6, 6.07) is 7.34. The van der Waals surface area contributed by atoms with Crippen LogP contribution in [0.1, 0.15) is 29.8 Å². The first kappa shape index (κ1) is 18.5. The highest BCUT2D eigenvalue weighted by Gasteiger charge is 2.37. The lowest BCUT2D eigenvalue weighted by Gasteiger charge is -2.36. The number of aliphatic carboxylic acids is 1. The van der Waals surface area contributed by atoms with E-state index in [9.17, 15) is 24.8 Å². The van der Waals surface area contributed by atoms with E-state index in [1.807, 2.05) is 0 Å². The summed E-state index contributed by atoms with van der Waals surface area (Å²) in [4.78, 5) is 34.2. The Morgan fingerprint density at radius 1 is 1.33 bits per heavy atom. The molecule has 1 amide bonds. The predicted molar refractivity (Wildman–Crippen MR) is 92.7 cm³/mol. The van der Waals surface area contributed by atoms with Crippen molar-refractivity contribution in [3.05, 3.63) is 52.3 Å². The van der Waals surface area contributed by atoms with Crippen LogP contribution in [0.15, 0.2) is 36.5 Å². The van der Waals surface area contributed by atoms with Gasteiger partial charge in [-0.05, 0) is 25.0 Å². The normalized spacial score (nSPS) is 15.9. The number of nitro benzene ring substituents is 1. The van der Waals surface area contributed by atoms with Gasteiger partial charge in [-0.25, -0.2) is 4.68 Å². The lowest BCUT2D eigenvalue weighted by Crippen LogP contribution is -2.53. The van der Waals surface area contributed by atoms with Crippen molar-refractivity contribution >= 4 is 17.6 Å². The zero-order chi connectivity index (χ0) is 19.4.